The molecule has 1 heterocycles. The number of likely N-dealkylation sites (N-methyl/N-ethyl adjacent to an activating group) is 1. The van der Waals surface area contributed by atoms with Gasteiger partial charge in [0.2, 0.25) is 0 Å². The zero-order chi connectivity index (χ0) is 20.5. The molecule has 29 heavy (non-hydrogen) atoms. The fraction of sp³-hybridized carbons (Fsp3) is 0.250. The second-order valence-electron chi connectivity index (χ2n) is 7.75. The van der Waals surface area contributed by atoms with E-state index in [4.69, 9.17) is 4.98 Å². The highest BCUT2D eigenvalue weighted by Gasteiger charge is 2.22. The van der Waals surface area contributed by atoms with E-state index >= 15 is 0 Å². The number of aromatic nitrogens is 1. The largest absolute Gasteiger partial charge is 0.308 e. The van der Waals surface area contributed by atoms with Gasteiger partial charge in [-0.15, -0.1) is 0 Å². The number of hydrogen-bond donors (Lipinski definition) is 0. The van der Waals surface area contributed by atoms with E-state index in [9.17, 15) is 4.79 Å². The molecule has 0 N–H and O–H groups in total. The molecule has 0 aliphatic heterocycles. The zero-order valence-electron chi connectivity index (χ0n) is 17.3. The Balaban J connectivity index is 1.76. The summed E-state index contributed by atoms with van der Waals surface area (Å²) in [4.78, 5) is 22.3. The molecule has 3 aromatic carbocycles. The van der Waals surface area contributed by atoms with Gasteiger partial charge < -0.3 is 4.90 Å². The number of thiazole rings is 1. The summed E-state index contributed by atoms with van der Waals surface area (Å²) < 4.78 is 1.12. The van der Waals surface area contributed by atoms with Crippen molar-refractivity contribution in [3.8, 4) is 0 Å². The van der Waals surface area contributed by atoms with E-state index in [1.54, 1.807) is 11.3 Å². The molecule has 0 unspecified atom stereocenters. The first-order valence-corrected chi connectivity index (χ1v) is 10.6. The Morgan fingerprint density at radius 1 is 0.966 bits per heavy atom. The first-order chi connectivity index (χ1) is 13.9. The van der Waals surface area contributed by atoms with Crippen LogP contribution in [0.4, 0.5) is 5.13 Å². The molecular weight excluding hydrogens is 378 g/mol. The van der Waals surface area contributed by atoms with E-state index in [2.05, 4.69) is 36.9 Å². The van der Waals surface area contributed by atoms with E-state index in [1.807, 2.05) is 55.4 Å². The summed E-state index contributed by atoms with van der Waals surface area (Å²) in [6, 6.07) is 18.3. The third kappa shape index (κ3) is 4.02. The number of carbonyl (C=O) groups is 1. The summed E-state index contributed by atoms with van der Waals surface area (Å²) in [5, 5.41) is 2.96. The van der Waals surface area contributed by atoms with Crippen molar-refractivity contribution in [1.29, 1.82) is 0 Å². The van der Waals surface area contributed by atoms with Crippen molar-refractivity contribution in [2.75, 3.05) is 32.1 Å². The van der Waals surface area contributed by atoms with Crippen molar-refractivity contribution >= 4 is 43.4 Å². The van der Waals surface area contributed by atoms with Gasteiger partial charge >= 0.3 is 0 Å². The third-order valence-electron chi connectivity index (χ3n) is 5.06. The maximum absolute atomic E-state index is 13.5. The minimum atomic E-state index is -0.00830. The first kappa shape index (κ1) is 19.6. The second-order valence-corrected chi connectivity index (χ2v) is 8.76. The molecule has 0 spiro atoms. The highest BCUT2D eigenvalue weighted by molar-refractivity contribution is 7.22. The minimum absolute atomic E-state index is 0.00830. The molecule has 4 rings (SSSR count). The average molecular weight is 404 g/mol. The lowest BCUT2D eigenvalue weighted by molar-refractivity contribution is 0.0985. The molecule has 5 heteroatoms. The quantitative estimate of drug-likeness (QED) is 0.455. The Hall–Kier alpha value is -2.76. The molecule has 0 bridgehead atoms. The molecule has 1 aromatic heterocycles. The lowest BCUT2D eigenvalue weighted by Gasteiger charge is -2.22. The minimum Gasteiger partial charge on any atom is -0.308 e. The smallest absolute Gasteiger partial charge is 0.260 e. The van der Waals surface area contributed by atoms with Gasteiger partial charge in [0.25, 0.3) is 5.91 Å². The van der Waals surface area contributed by atoms with Gasteiger partial charge in [-0.2, -0.15) is 0 Å². The Kier molecular flexibility index (Phi) is 5.35. The molecule has 4 aromatic rings. The van der Waals surface area contributed by atoms with Crippen LogP contribution in [0.1, 0.15) is 21.5 Å². The maximum Gasteiger partial charge on any atom is 0.260 e. The summed E-state index contributed by atoms with van der Waals surface area (Å²) in [7, 11) is 4.04. The second kappa shape index (κ2) is 7.93. The van der Waals surface area contributed by atoms with Crippen molar-refractivity contribution in [3.63, 3.8) is 0 Å². The molecule has 0 aliphatic carbocycles. The molecule has 0 radical (unpaired) electrons. The van der Waals surface area contributed by atoms with Crippen LogP contribution in [0.25, 0.3) is 21.0 Å². The molecule has 0 fully saturated rings. The predicted octanol–water partition coefficient (Wildman–Crippen LogP) is 5.27. The van der Waals surface area contributed by atoms with E-state index < -0.39 is 0 Å². The van der Waals surface area contributed by atoms with E-state index in [1.165, 1.54) is 5.56 Å². The highest BCUT2D eigenvalue weighted by Crippen LogP contribution is 2.32. The fourth-order valence-electron chi connectivity index (χ4n) is 3.54. The van der Waals surface area contributed by atoms with Gasteiger partial charge in [-0.05, 0) is 68.0 Å². The van der Waals surface area contributed by atoms with Crippen LogP contribution < -0.4 is 4.90 Å². The van der Waals surface area contributed by atoms with Crippen molar-refractivity contribution < 1.29 is 4.79 Å². The average Bonchev–Trinajstić information content (AvgIpc) is 3.11. The molecule has 4 nitrogen and oxygen atoms in total. The molecule has 148 valence electrons. The first-order valence-electron chi connectivity index (χ1n) is 9.75. The molecule has 1 amide bonds. The van der Waals surface area contributed by atoms with Gasteiger partial charge in [-0.25, -0.2) is 4.98 Å². The summed E-state index contributed by atoms with van der Waals surface area (Å²) in [6.45, 7) is 5.54. The number of fused-ring (bicyclic) bond motifs is 2. The van der Waals surface area contributed by atoms with Gasteiger partial charge in [0.15, 0.2) is 5.13 Å². The van der Waals surface area contributed by atoms with Crippen molar-refractivity contribution in [1.82, 2.24) is 9.88 Å². The van der Waals surface area contributed by atoms with Gasteiger partial charge in [0.1, 0.15) is 0 Å². The normalized spacial score (nSPS) is 11.5. The van der Waals surface area contributed by atoms with E-state index in [0.717, 1.165) is 38.2 Å². The standard InChI is InChI=1S/C24H25N3OS/c1-16-13-17(2)22-21(14-16)29-24(25-22)27(12-11-26(3)4)23(28)20-10-9-18-7-5-6-8-19(18)15-20/h5-10,13-15H,11-12H2,1-4H3. The van der Waals surface area contributed by atoms with Crippen LogP contribution in [0.15, 0.2) is 54.6 Å². The number of nitrogens with zero attached hydrogens (tertiary/aromatic N) is 3. The molecule has 0 aliphatic rings. The van der Waals surface area contributed by atoms with Gasteiger partial charge in [0, 0.05) is 18.7 Å². The lowest BCUT2D eigenvalue weighted by Crippen LogP contribution is -2.36. The van der Waals surface area contributed by atoms with Gasteiger partial charge in [0.05, 0.1) is 10.2 Å². The maximum atomic E-state index is 13.5. The highest BCUT2D eigenvalue weighted by atomic mass is 32.1. The summed E-state index contributed by atoms with van der Waals surface area (Å²) in [5.41, 5.74) is 4.03. The summed E-state index contributed by atoms with van der Waals surface area (Å²) in [5.74, 6) is -0.00830. The molecule has 0 saturated heterocycles. The number of amides is 1. The van der Waals surface area contributed by atoms with Crippen molar-refractivity contribution in [2.45, 2.75) is 13.8 Å². The van der Waals surface area contributed by atoms with Crippen LogP contribution >= 0.6 is 11.3 Å². The monoisotopic (exact) mass is 403 g/mol. The van der Waals surface area contributed by atoms with Crippen LogP contribution in [-0.2, 0) is 0 Å². The van der Waals surface area contributed by atoms with Crippen LogP contribution in [0.2, 0.25) is 0 Å². The number of benzene rings is 3. The van der Waals surface area contributed by atoms with E-state index in [0.29, 0.717) is 12.1 Å². The number of hydrogen-bond acceptors (Lipinski definition) is 4. The third-order valence-corrected chi connectivity index (χ3v) is 6.09. The fourth-order valence-corrected chi connectivity index (χ4v) is 4.70. The van der Waals surface area contributed by atoms with Crippen molar-refractivity contribution in [3.05, 3.63) is 71.3 Å². The van der Waals surface area contributed by atoms with Crippen LogP contribution in [0.3, 0.4) is 0 Å². The molecule has 0 saturated carbocycles. The van der Waals surface area contributed by atoms with Crippen molar-refractivity contribution in [2.24, 2.45) is 0 Å². The Morgan fingerprint density at radius 3 is 2.48 bits per heavy atom. The van der Waals surface area contributed by atoms with E-state index in [-0.39, 0.29) is 5.91 Å². The zero-order valence-corrected chi connectivity index (χ0v) is 18.1. The Bertz CT molecular complexity index is 1200. The topological polar surface area (TPSA) is 36.4 Å². The number of aryl methyl sites for hydroxylation is 2. The Morgan fingerprint density at radius 2 is 1.72 bits per heavy atom. The van der Waals surface area contributed by atoms with Crippen LogP contribution in [0, 0.1) is 13.8 Å². The summed E-state index contributed by atoms with van der Waals surface area (Å²) in [6.07, 6.45) is 0. The number of rotatable bonds is 5. The van der Waals surface area contributed by atoms with Crippen LogP contribution in [0.5, 0.6) is 0 Å². The summed E-state index contributed by atoms with van der Waals surface area (Å²) >= 11 is 1.59. The predicted molar refractivity (Wildman–Crippen MR) is 123 cm³/mol. The molecular formula is C24H25N3OS. The number of anilines is 1. The number of carbonyl (C=O) groups excluding carboxylic acids is 1. The van der Waals surface area contributed by atoms with Gasteiger partial charge in [-0.3, -0.25) is 9.69 Å². The lowest BCUT2D eigenvalue weighted by atomic mass is 10.1. The van der Waals surface area contributed by atoms with Crippen LogP contribution in [-0.4, -0.2) is 43.0 Å². The Labute approximate surface area is 175 Å². The SMILES string of the molecule is Cc1cc(C)c2nc(N(CCN(C)C)C(=O)c3ccc4ccccc4c3)sc2c1. The van der Waals surface area contributed by atoms with Gasteiger partial charge in [-0.1, -0.05) is 47.7 Å². The molecule has 0 atom stereocenters.